The molecule has 0 aromatic carbocycles. The van der Waals surface area contributed by atoms with Crippen LogP contribution in [0.4, 0.5) is 0 Å². The number of hydrogen-bond acceptors (Lipinski definition) is 9. The maximum Gasteiger partial charge on any atom is 0.251 e. The highest BCUT2D eigenvalue weighted by atomic mass is 16.6. The van der Waals surface area contributed by atoms with Crippen LogP contribution in [-0.4, -0.2) is 81.3 Å². The second-order valence-corrected chi connectivity index (χ2v) is 9.30. The third-order valence-electron chi connectivity index (χ3n) is 5.49. The van der Waals surface area contributed by atoms with Crippen LogP contribution in [0.1, 0.15) is 40.5 Å². The molecule has 1 aliphatic heterocycles. The van der Waals surface area contributed by atoms with Gasteiger partial charge < -0.3 is 35.0 Å². The number of ether oxygens (including phenoxy) is 3. The first-order chi connectivity index (χ1) is 16.9. The molecule has 0 unspecified atom stereocenters. The van der Waals surface area contributed by atoms with E-state index in [0.717, 1.165) is 0 Å². The van der Waals surface area contributed by atoms with Crippen molar-refractivity contribution in [3.05, 3.63) is 24.0 Å². The second kappa shape index (κ2) is 14.7. The Balaban J connectivity index is 2.97. The summed E-state index contributed by atoms with van der Waals surface area (Å²) in [6, 6.07) is -2.94. The first-order valence-electron chi connectivity index (χ1n) is 11.7. The number of hydrogen-bond donors (Lipinski definition) is 4. The van der Waals surface area contributed by atoms with E-state index in [0.29, 0.717) is 13.0 Å². The summed E-state index contributed by atoms with van der Waals surface area (Å²) in [4.78, 5) is 56.0. The number of carbonyl (C=O) groups is 4. The van der Waals surface area contributed by atoms with Gasteiger partial charge in [0.25, 0.3) is 5.91 Å². The fraction of sp³-hybridized carbons (Fsp3) is 0.667. The second-order valence-electron chi connectivity index (χ2n) is 9.30. The molecule has 0 aromatic heterocycles. The summed E-state index contributed by atoms with van der Waals surface area (Å²) < 4.78 is 15.4. The Kier molecular flexibility index (Phi) is 12.7. The van der Waals surface area contributed by atoms with Gasteiger partial charge in [-0.05, 0) is 38.7 Å². The Bertz CT molecular complexity index is 838. The third kappa shape index (κ3) is 10.1. The Hall–Kier alpha value is -2.80. The number of nitrogens with one attached hydrogen (secondary N) is 3. The fourth-order valence-electron chi connectivity index (χ4n) is 3.32. The van der Waals surface area contributed by atoms with E-state index in [1.807, 2.05) is 13.8 Å². The van der Waals surface area contributed by atoms with Crippen LogP contribution in [0.25, 0.3) is 0 Å². The van der Waals surface area contributed by atoms with Crippen LogP contribution in [0.15, 0.2) is 24.0 Å². The van der Waals surface area contributed by atoms with E-state index >= 15 is 0 Å². The molecule has 4 atom stereocenters. The van der Waals surface area contributed by atoms with E-state index in [1.54, 1.807) is 6.92 Å². The van der Waals surface area contributed by atoms with Crippen molar-refractivity contribution in [3.8, 4) is 0 Å². The molecular formula is C24H40N4O8. The molecule has 12 nitrogen and oxygen atoms in total. The van der Waals surface area contributed by atoms with Gasteiger partial charge in [-0.15, -0.1) is 0 Å². The lowest BCUT2D eigenvalue weighted by Gasteiger charge is -2.26. The molecule has 3 amide bonds. The number of amides is 3. The van der Waals surface area contributed by atoms with E-state index in [1.165, 1.54) is 27.2 Å². The lowest BCUT2D eigenvalue weighted by atomic mass is 9.93. The van der Waals surface area contributed by atoms with Gasteiger partial charge in [0.05, 0.1) is 19.3 Å². The summed E-state index contributed by atoms with van der Waals surface area (Å²) in [5, 5.41) is 7.89. The van der Waals surface area contributed by atoms with Crippen molar-refractivity contribution in [1.82, 2.24) is 16.0 Å². The molecule has 1 saturated heterocycles. The van der Waals surface area contributed by atoms with E-state index in [9.17, 15) is 19.2 Å². The largest absolute Gasteiger partial charge is 0.416 e. The molecule has 36 heavy (non-hydrogen) atoms. The third-order valence-corrected chi connectivity index (χ3v) is 5.49. The molecule has 12 heteroatoms. The van der Waals surface area contributed by atoms with Gasteiger partial charge in [0, 0.05) is 26.4 Å². The number of allylic oxidation sites excluding steroid dienone is 1. The summed E-state index contributed by atoms with van der Waals surface area (Å²) in [7, 11) is 2.84. The molecule has 1 fully saturated rings. The lowest BCUT2D eigenvalue weighted by Crippen LogP contribution is -2.58. The number of methoxy groups -OCH3 is 2. The summed E-state index contributed by atoms with van der Waals surface area (Å²) in [5.41, 5.74) is -0.892. The van der Waals surface area contributed by atoms with Crippen LogP contribution in [-0.2, 0) is 38.2 Å². The van der Waals surface area contributed by atoms with Gasteiger partial charge in [-0.2, -0.15) is 5.90 Å². The first-order valence-corrected chi connectivity index (χ1v) is 11.7. The average molecular weight is 513 g/mol. The molecule has 1 aliphatic rings. The molecule has 0 aromatic rings. The Morgan fingerprint density at radius 3 is 2.14 bits per heavy atom. The minimum Gasteiger partial charge on any atom is -0.416 e. The van der Waals surface area contributed by atoms with Gasteiger partial charge in [0.15, 0.2) is 5.78 Å². The highest BCUT2D eigenvalue weighted by Crippen LogP contribution is 2.29. The Morgan fingerprint density at radius 2 is 1.64 bits per heavy atom. The topological polar surface area (TPSA) is 171 Å². The minimum atomic E-state index is -1.11. The van der Waals surface area contributed by atoms with Crippen molar-refractivity contribution in [1.29, 1.82) is 0 Å². The molecule has 1 heterocycles. The molecule has 0 spiro atoms. The van der Waals surface area contributed by atoms with E-state index in [4.69, 9.17) is 20.1 Å². The van der Waals surface area contributed by atoms with Crippen LogP contribution >= 0.6 is 0 Å². The lowest BCUT2D eigenvalue weighted by molar-refractivity contribution is -0.135. The summed E-state index contributed by atoms with van der Waals surface area (Å²) >= 11 is 0. The first kappa shape index (κ1) is 31.2. The summed E-state index contributed by atoms with van der Waals surface area (Å²) in [6.45, 7) is 11.0. The quantitative estimate of drug-likeness (QED) is 0.0682. The summed E-state index contributed by atoms with van der Waals surface area (Å²) in [5.74, 6) is 3.36. The number of Topliss-reactive ketones (excluding diaryl/α,β-unsaturated/α-hetero) is 1. The zero-order valence-electron chi connectivity index (χ0n) is 22.0. The molecule has 5 N–H and O–H groups in total. The highest BCUT2D eigenvalue weighted by molar-refractivity contribution is 6.00. The molecule has 0 aliphatic carbocycles. The van der Waals surface area contributed by atoms with Crippen molar-refractivity contribution in [2.24, 2.45) is 11.8 Å². The van der Waals surface area contributed by atoms with E-state index in [-0.39, 0.29) is 42.7 Å². The van der Waals surface area contributed by atoms with Crippen LogP contribution < -0.4 is 21.8 Å². The van der Waals surface area contributed by atoms with Gasteiger partial charge >= 0.3 is 0 Å². The SMILES string of the molecule is C=C(/C=C(/C)ON)C(=O)N[C@@H](CCOC)C(=O)N[C@@H](COC)C(=O)N[C@@H](CC(C)C)C(=O)[C@@]1(C)CO1. The maximum absolute atomic E-state index is 13.1. The van der Waals surface area contributed by atoms with E-state index in [2.05, 4.69) is 27.4 Å². The normalized spacial score (nSPS) is 19.6. The number of nitrogens with two attached hydrogens (primary N) is 1. The minimum absolute atomic E-state index is 0.0187. The Morgan fingerprint density at radius 1 is 1.06 bits per heavy atom. The number of epoxide rings is 1. The average Bonchev–Trinajstić information content (AvgIpc) is 3.57. The monoisotopic (exact) mass is 512 g/mol. The maximum atomic E-state index is 13.1. The molecule has 0 bridgehead atoms. The Labute approximate surface area is 212 Å². The number of rotatable bonds is 17. The van der Waals surface area contributed by atoms with Crippen molar-refractivity contribution < 1.29 is 38.2 Å². The standard InChI is InChI=1S/C24H40N4O8/c1-14(2)10-18(20(29)24(5)13-35-24)27-23(32)19(12-34-7)28-22(31)17(8-9-33-6)26-21(30)15(3)11-16(4)36-25/h11,14,17-19H,3,8-10,12-13,25H2,1-2,4-7H3,(H,26,30)(H,27,32)(H,28,31)/b16-11-/t17-,18-,19-,24+/m0/s1. The molecule has 204 valence electrons. The summed E-state index contributed by atoms with van der Waals surface area (Å²) in [6.07, 6.45) is 1.85. The number of carbonyl (C=O) groups excluding carboxylic acids is 4. The van der Waals surface area contributed by atoms with Crippen LogP contribution in [0.2, 0.25) is 0 Å². The van der Waals surface area contributed by atoms with Crippen molar-refractivity contribution in [2.75, 3.05) is 34.0 Å². The zero-order valence-corrected chi connectivity index (χ0v) is 22.0. The highest BCUT2D eigenvalue weighted by Gasteiger charge is 2.50. The molecular weight excluding hydrogens is 472 g/mol. The van der Waals surface area contributed by atoms with Crippen molar-refractivity contribution in [2.45, 2.75) is 64.3 Å². The van der Waals surface area contributed by atoms with Gasteiger partial charge in [-0.3, -0.25) is 19.2 Å². The van der Waals surface area contributed by atoms with Crippen molar-refractivity contribution >= 4 is 23.5 Å². The van der Waals surface area contributed by atoms with Crippen LogP contribution in [0.5, 0.6) is 0 Å². The van der Waals surface area contributed by atoms with Crippen LogP contribution in [0.3, 0.4) is 0 Å². The van der Waals surface area contributed by atoms with Gasteiger partial charge in [0.2, 0.25) is 11.8 Å². The number of ketones is 1. The zero-order chi connectivity index (χ0) is 27.5. The smallest absolute Gasteiger partial charge is 0.251 e. The fourth-order valence-corrected chi connectivity index (χ4v) is 3.32. The van der Waals surface area contributed by atoms with Gasteiger partial charge in [-0.25, -0.2) is 0 Å². The molecule has 0 saturated carbocycles. The predicted octanol–water partition coefficient (Wildman–Crippen LogP) is -0.122. The molecule has 1 rings (SSSR count). The van der Waals surface area contributed by atoms with Crippen molar-refractivity contribution in [3.63, 3.8) is 0 Å². The van der Waals surface area contributed by atoms with Gasteiger partial charge in [0.1, 0.15) is 23.4 Å². The molecule has 0 radical (unpaired) electrons. The van der Waals surface area contributed by atoms with E-state index < -0.39 is 41.4 Å². The predicted molar refractivity (Wildman–Crippen MR) is 131 cm³/mol. The van der Waals surface area contributed by atoms with Gasteiger partial charge in [-0.1, -0.05) is 20.4 Å². The van der Waals surface area contributed by atoms with Crippen LogP contribution in [0, 0.1) is 5.92 Å².